The van der Waals surface area contributed by atoms with E-state index in [0.29, 0.717) is 24.6 Å². The molecule has 1 amide bonds. The molecule has 146 valence electrons. The fourth-order valence-corrected chi connectivity index (χ4v) is 2.95. The number of carbonyl (C=O) groups excluding carboxylic acids is 1. The number of carbonyl (C=O) groups is 1. The summed E-state index contributed by atoms with van der Waals surface area (Å²) in [6.45, 7) is 8.30. The van der Waals surface area contributed by atoms with E-state index in [9.17, 15) is 4.79 Å². The maximum absolute atomic E-state index is 11.4. The molecule has 0 spiro atoms. The fourth-order valence-electron chi connectivity index (χ4n) is 2.95. The van der Waals surface area contributed by atoms with Crippen LogP contribution in [0, 0.1) is 0 Å². The number of benzene rings is 1. The van der Waals surface area contributed by atoms with Crippen molar-refractivity contribution in [1.82, 2.24) is 20.0 Å². The van der Waals surface area contributed by atoms with Gasteiger partial charge in [0, 0.05) is 44.5 Å². The Hall–Kier alpha value is -2.83. The number of hydrogen-bond acceptors (Lipinski definition) is 3. The summed E-state index contributed by atoms with van der Waals surface area (Å²) >= 11 is 0. The normalized spacial score (nSPS) is 11.7. The van der Waals surface area contributed by atoms with Crippen LogP contribution in [0.2, 0.25) is 0 Å². The number of amides is 1. The molecule has 27 heavy (non-hydrogen) atoms. The smallest absolute Gasteiger partial charge is 0.248 e. The largest absolute Gasteiger partial charge is 0.366 e. The molecule has 0 fully saturated rings. The molecule has 1 aromatic carbocycles. The van der Waals surface area contributed by atoms with E-state index in [4.69, 9.17) is 10.7 Å². The van der Waals surface area contributed by atoms with Gasteiger partial charge in [-0.3, -0.25) is 9.48 Å². The van der Waals surface area contributed by atoms with Crippen LogP contribution in [0.15, 0.2) is 35.5 Å². The van der Waals surface area contributed by atoms with Crippen LogP contribution in [-0.2, 0) is 20.1 Å². The first-order valence-corrected chi connectivity index (χ1v) is 9.22. The molecule has 0 radical (unpaired) electrons. The molecule has 0 saturated carbocycles. The molecule has 0 unspecified atom stereocenters. The van der Waals surface area contributed by atoms with E-state index in [1.807, 2.05) is 37.8 Å². The van der Waals surface area contributed by atoms with E-state index in [1.165, 1.54) is 5.56 Å². The van der Waals surface area contributed by atoms with Gasteiger partial charge in [-0.05, 0) is 30.5 Å². The molecule has 2 aromatic rings. The molecule has 0 aliphatic heterocycles. The Morgan fingerprint density at radius 1 is 1.41 bits per heavy atom. The molecule has 3 N–H and O–H groups in total. The molecule has 1 aromatic heterocycles. The zero-order chi connectivity index (χ0) is 20.0. The zero-order valence-electron chi connectivity index (χ0n) is 16.9. The molecule has 0 saturated heterocycles. The summed E-state index contributed by atoms with van der Waals surface area (Å²) in [6.07, 6.45) is 2.06. The highest BCUT2D eigenvalue weighted by atomic mass is 16.1. The minimum Gasteiger partial charge on any atom is -0.366 e. The lowest BCUT2D eigenvalue weighted by molar-refractivity contribution is 0.1000. The van der Waals surface area contributed by atoms with E-state index in [2.05, 4.69) is 35.4 Å². The summed E-state index contributed by atoms with van der Waals surface area (Å²) in [4.78, 5) is 18.2. The standard InChI is InChI=1S/C20H30N6O/c1-6-22-20(23-11-15-8-7-9-16(10-15)19(21)27)25(4)12-17-13-26(5)24-18(17)14(2)3/h7-10,13-14H,6,11-12H2,1-5H3,(H2,21,27)(H,22,23). The van der Waals surface area contributed by atoms with Gasteiger partial charge in [0.2, 0.25) is 5.91 Å². The van der Waals surface area contributed by atoms with E-state index in [1.54, 1.807) is 12.1 Å². The van der Waals surface area contributed by atoms with Crippen molar-refractivity contribution >= 4 is 11.9 Å². The highest BCUT2D eigenvalue weighted by Crippen LogP contribution is 2.18. The Morgan fingerprint density at radius 3 is 2.78 bits per heavy atom. The van der Waals surface area contributed by atoms with Gasteiger partial charge < -0.3 is 16.0 Å². The molecule has 1 heterocycles. The summed E-state index contributed by atoms with van der Waals surface area (Å²) in [5, 5.41) is 7.90. The number of primary amides is 1. The first-order valence-electron chi connectivity index (χ1n) is 9.22. The minimum absolute atomic E-state index is 0.366. The van der Waals surface area contributed by atoms with E-state index >= 15 is 0 Å². The lowest BCUT2D eigenvalue weighted by atomic mass is 10.1. The lowest BCUT2D eigenvalue weighted by Gasteiger charge is -2.22. The Morgan fingerprint density at radius 2 is 2.15 bits per heavy atom. The van der Waals surface area contributed by atoms with Gasteiger partial charge in [0.15, 0.2) is 5.96 Å². The predicted octanol–water partition coefficient (Wildman–Crippen LogP) is 2.24. The van der Waals surface area contributed by atoms with Gasteiger partial charge in [0.1, 0.15) is 0 Å². The maximum atomic E-state index is 11.4. The number of nitrogens with one attached hydrogen (secondary N) is 1. The third-order valence-corrected chi connectivity index (χ3v) is 4.21. The third-order valence-electron chi connectivity index (χ3n) is 4.21. The third kappa shape index (κ3) is 5.57. The second kappa shape index (κ2) is 9.21. The van der Waals surface area contributed by atoms with Crippen LogP contribution >= 0.6 is 0 Å². The number of guanidine groups is 1. The molecule has 7 heteroatoms. The quantitative estimate of drug-likeness (QED) is 0.578. The van der Waals surface area contributed by atoms with Crippen LogP contribution < -0.4 is 11.1 Å². The molecule has 0 atom stereocenters. The van der Waals surface area contributed by atoms with Crippen LogP contribution in [0.1, 0.15) is 53.9 Å². The lowest BCUT2D eigenvalue weighted by Crippen LogP contribution is -2.38. The number of hydrogen-bond donors (Lipinski definition) is 2. The van der Waals surface area contributed by atoms with Crippen molar-refractivity contribution in [3.63, 3.8) is 0 Å². The van der Waals surface area contributed by atoms with Crippen molar-refractivity contribution in [3.8, 4) is 0 Å². The van der Waals surface area contributed by atoms with Gasteiger partial charge in [-0.15, -0.1) is 0 Å². The Labute approximate surface area is 161 Å². The maximum Gasteiger partial charge on any atom is 0.248 e. The van der Waals surface area contributed by atoms with Crippen molar-refractivity contribution in [2.24, 2.45) is 17.8 Å². The van der Waals surface area contributed by atoms with Crippen LogP contribution in [0.5, 0.6) is 0 Å². The van der Waals surface area contributed by atoms with Crippen LogP contribution in [0.25, 0.3) is 0 Å². The van der Waals surface area contributed by atoms with Crippen LogP contribution in [0.4, 0.5) is 0 Å². The van der Waals surface area contributed by atoms with Gasteiger partial charge in [-0.1, -0.05) is 26.0 Å². The SMILES string of the molecule is CCNC(=NCc1cccc(C(N)=O)c1)N(C)Cc1cn(C)nc1C(C)C. The van der Waals surface area contributed by atoms with Gasteiger partial charge in [-0.25, -0.2) is 4.99 Å². The average Bonchev–Trinajstić information content (AvgIpc) is 2.99. The Balaban J connectivity index is 2.17. The van der Waals surface area contributed by atoms with Crippen LogP contribution in [-0.4, -0.2) is 40.1 Å². The highest BCUT2D eigenvalue weighted by Gasteiger charge is 2.15. The number of nitrogens with zero attached hydrogens (tertiary/aromatic N) is 4. The Bertz CT molecular complexity index is 809. The summed E-state index contributed by atoms with van der Waals surface area (Å²) in [5.74, 6) is 0.744. The number of aryl methyl sites for hydroxylation is 1. The molecular formula is C20H30N6O. The number of aliphatic imine (C=N–C) groups is 1. The van der Waals surface area contributed by atoms with E-state index < -0.39 is 5.91 Å². The number of rotatable bonds is 7. The second-order valence-corrected chi connectivity index (χ2v) is 6.96. The minimum atomic E-state index is -0.428. The van der Waals surface area contributed by atoms with Crippen LogP contribution in [0.3, 0.4) is 0 Å². The van der Waals surface area contributed by atoms with Gasteiger partial charge in [0.25, 0.3) is 0 Å². The highest BCUT2D eigenvalue weighted by molar-refractivity contribution is 5.92. The predicted molar refractivity (Wildman–Crippen MR) is 109 cm³/mol. The topological polar surface area (TPSA) is 88.5 Å². The van der Waals surface area contributed by atoms with Crippen molar-refractivity contribution in [2.75, 3.05) is 13.6 Å². The van der Waals surface area contributed by atoms with Crippen molar-refractivity contribution < 1.29 is 4.79 Å². The first-order chi connectivity index (χ1) is 12.8. The van der Waals surface area contributed by atoms with E-state index in [0.717, 1.165) is 23.8 Å². The summed E-state index contributed by atoms with van der Waals surface area (Å²) in [5.41, 5.74) is 9.10. The second-order valence-electron chi connectivity index (χ2n) is 6.96. The summed E-state index contributed by atoms with van der Waals surface area (Å²) < 4.78 is 1.86. The zero-order valence-corrected chi connectivity index (χ0v) is 16.9. The first kappa shape index (κ1) is 20.5. The fraction of sp³-hybridized carbons (Fsp3) is 0.450. The molecule has 0 aliphatic rings. The van der Waals surface area contributed by atoms with Gasteiger partial charge in [0.05, 0.1) is 12.2 Å². The van der Waals surface area contributed by atoms with Gasteiger partial charge >= 0.3 is 0 Å². The number of nitrogens with two attached hydrogens (primary N) is 1. The molecule has 0 bridgehead atoms. The van der Waals surface area contributed by atoms with Crippen molar-refractivity contribution in [2.45, 2.75) is 39.8 Å². The molecule has 7 nitrogen and oxygen atoms in total. The average molecular weight is 371 g/mol. The van der Waals surface area contributed by atoms with E-state index in [-0.39, 0.29) is 0 Å². The summed E-state index contributed by atoms with van der Waals surface area (Å²) in [6, 6.07) is 7.26. The van der Waals surface area contributed by atoms with Crippen molar-refractivity contribution in [3.05, 3.63) is 52.8 Å². The molecule has 2 rings (SSSR count). The molecular weight excluding hydrogens is 340 g/mol. The number of aromatic nitrogens is 2. The Kier molecular flexibility index (Phi) is 6.98. The molecule has 0 aliphatic carbocycles. The monoisotopic (exact) mass is 370 g/mol. The summed E-state index contributed by atoms with van der Waals surface area (Å²) in [7, 11) is 3.96. The van der Waals surface area contributed by atoms with Gasteiger partial charge in [-0.2, -0.15) is 5.10 Å². The van der Waals surface area contributed by atoms with Crippen molar-refractivity contribution in [1.29, 1.82) is 0 Å².